The van der Waals surface area contributed by atoms with Gasteiger partial charge in [0.2, 0.25) is 0 Å². The summed E-state index contributed by atoms with van der Waals surface area (Å²) in [7, 11) is -3.06. The van der Waals surface area contributed by atoms with Gasteiger partial charge in [-0.1, -0.05) is 12.1 Å². The van der Waals surface area contributed by atoms with Crippen LogP contribution in [-0.2, 0) is 15.4 Å². The highest BCUT2D eigenvalue weighted by Gasteiger charge is 2.53. The van der Waals surface area contributed by atoms with Gasteiger partial charge in [0.15, 0.2) is 9.84 Å². The Hall–Kier alpha value is -1.53. The van der Waals surface area contributed by atoms with Crippen molar-refractivity contribution in [2.75, 3.05) is 0 Å². The zero-order chi connectivity index (χ0) is 14.7. The summed E-state index contributed by atoms with van der Waals surface area (Å²) < 4.78 is 24.3. The van der Waals surface area contributed by atoms with Crippen LogP contribution in [0.4, 0.5) is 0 Å². The lowest BCUT2D eigenvalue weighted by Crippen LogP contribution is -2.43. The largest absolute Gasteiger partial charge is 0.383 e. The molecule has 0 aliphatic carbocycles. The number of aliphatic hydroxyl groups is 1. The maximum absolute atomic E-state index is 12.2. The number of aromatic nitrogens is 2. The number of hydrogen-bond acceptors (Lipinski definition) is 5. The molecular weight excluding hydrogens is 288 g/mol. The summed E-state index contributed by atoms with van der Waals surface area (Å²) in [6.45, 7) is 0. The van der Waals surface area contributed by atoms with Gasteiger partial charge in [0.25, 0.3) is 0 Å². The predicted octanol–water partition coefficient (Wildman–Crippen LogP) is 1.56. The van der Waals surface area contributed by atoms with Gasteiger partial charge in [-0.15, -0.1) is 0 Å². The number of fused-ring (bicyclic) bond motifs is 3. The fraction of sp³-hybridized carbons (Fsp3) is 0.467. The van der Waals surface area contributed by atoms with E-state index >= 15 is 0 Å². The molecule has 3 heterocycles. The monoisotopic (exact) mass is 304 g/mol. The summed E-state index contributed by atoms with van der Waals surface area (Å²) in [6, 6.07) is 7.48. The van der Waals surface area contributed by atoms with Gasteiger partial charge >= 0.3 is 0 Å². The van der Waals surface area contributed by atoms with E-state index < -0.39 is 25.9 Å². The maximum Gasteiger partial charge on any atom is 0.156 e. The first kappa shape index (κ1) is 13.2. The van der Waals surface area contributed by atoms with Gasteiger partial charge in [-0.2, -0.15) is 0 Å². The molecule has 2 atom stereocenters. The molecule has 1 N–H and O–H groups in total. The van der Waals surface area contributed by atoms with Gasteiger partial charge in [0.1, 0.15) is 5.60 Å². The van der Waals surface area contributed by atoms with Crippen LogP contribution in [0.1, 0.15) is 31.4 Å². The minimum atomic E-state index is -3.06. The number of nitrogens with zero attached hydrogens (tertiary/aromatic N) is 2. The molecule has 2 aliphatic heterocycles. The normalized spacial score (nSPS) is 34.1. The molecule has 1 aromatic heterocycles. The quantitative estimate of drug-likeness (QED) is 0.864. The zero-order valence-corrected chi connectivity index (χ0v) is 12.3. The van der Waals surface area contributed by atoms with Gasteiger partial charge in [0.05, 0.1) is 33.4 Å². The van der Waals surface area contributed by atoms with Crippen molar-refractivity contribution in [1.82, 2.24) is 9.97 Å². The van der Waals surface area contributed by atoms with Crippen molar-refractivity contribution in [1.29, 1.82) is 0 Å². The lowest BCUT2D eigenvalue weighted by Gasteiger charge is -2.35. The topological polar surface area (TPSA) is 80.2 Å². The molecule has 2 aromatic rings. The second kappa shape index (κ2) is 4.24. The van der Waals surface area contributed by atoms with Gasteiger partial charge in [-0.25, -0.2) is 13.4 Å². The Morgan fingerprint density at radius 2 is 1.71 bits per heavy atom. The number of rotatable bonds is 1. The Kier molecular flexibility index (Phi) is 2.65. The standard InChI is InChI=1S/C15H16N2O3S/c18-15(7-10-5-6-11(8-15)21(10,19)20)14-9-16-12-3-1-2-4-13(12)17-14/h1-4,9-11,18H,5-8H2. The summed E-state index contributed by atoms with van der Waals surface area (Å²) >= 11 is 0. The Balaban J connectivity index is 1.78. The lowest BCUT2D eigenvalue weighted by molar-refractivity contribution is 0.0131. The van der Waals surface area contributed by atoms with E-state index in [9.17, 15) is 13.5 Å². The highest BCUT2D eigenvalue weighted by atomic mass is 32.2. The van der Waals surface area contributed by atoms with Crippen LogP contribution in [0.25, 0.3) is 11.0 Å². The van der Waals surface area contributed by atoms with Crippen LogP contribution in [0.15, 0.2) is 30.5 Å². The second-order valence-corrected chi connectivity index (χ2v) is 8.61. The number of benzene rings is 1. The molecule has 0 saturated carbocycles. The van der Waals surface area contributed by atoms with Crippen molar-refractivity contribution in [3.63, 3.8) is 0 Å². The highest BCUT2D eigenvalue weighted by Crippen LogP contribution is 2.47. The van der Waals surface area contributed by atoms with Crippen LogP contribution in [0, 0.1) is 0 Å². The predicted molar refractivity (Wildman–Crippen MR) is 78.4 cm³/mol. The first-order valence-corrected chi connectivity index (χ1v) is 8.77. The van der Waals surface area contributed by atoms with Gasteiger partial charge in [0, 0.05) is 0 Å². The van der Waals surface area contributed by atoms with Crippen molar-refractivity contribution < 1.29 is 13.5 Å². The van der Waals surface area contributed by atoms with Crippen LogP contribution in [0.5, 0.6) is 0 Å². The summed E-state index contributed by atoms with van der Waals surface area (Å²) in [5, 5.41) is 10.1. The van der Waals surface area contributed by atoms with E-state index in [4.69, 9.17) is 0 Å². The molecule has 2 bridgehead atoms. The third-order valence-corrected chi connectivity index (χ3v) is 7.46. The molecule has 0 radical (unpaired) electrons. The molecule has 2 unspecified atom stereocenters. The SMILES string of the molecule is O=S1(=O)C2CCC1CC(O)(c1cnc3ccccc3n1)C2. The van der Waals surface area contributed by atoms with Gasteiger partial charge in [-0.3, -0.25) is 4.98 Å². The zero-order valence-electron chi connectivity index (χ0n) is 11.4. The molecule has 21 heavy (non-hydrogen) atoms. The summed E-state index contributed by atoms with van der Waals surface area (Å²) in [4.78, 5) is 8.84. The molecular formula is C15H16N2O3S. The van der Waals surface area contributed by atoms with E-state index in [-0.39, 0.29) is 12.8 Å². The van der Waals surface area contributed by atoms with Crippen LogP contribution < -0.4 is 0 Å². The fourth-order valence-corrected chi connectivity index (χ4v) is 6.13. The van der Waals surface area contributed by atoms with Gasteiger partial charge < -0.3 is 5.11 Å². The molecule has 2 fully saturated rings. The Morgan fingerprint density at radius 1 is 1.10 bits per heavy atom. The lowest BCUT2D eigenvalue weighted by atomic mass is 9.90. The third-order valence-electron chi connectivity index (χ3n) is 4.80. The smallest absolute Gasteiger partial charge is 0.156 e. The first-order valence-electron chi connectivity index (χ1n) is 7.16. The van der Waals surface area contributed by atoms with E-state index in [1.165, 1.54) is 0 Å². The number of para-hydroxylation sites is 2. The van der Waals surface area contributed by atoms with E-state index in [1.807, 2.05) is 24.3 Å². The minimum Gasteiger partial charge on any atom is -0.383 e. The van der Waals surface area contributed by atoms with E-state index in [0.29, 0.717) is 18.5 Å². The molecule has 110 valence electrons. The average molecular weight is 304 g/mol. The van der Waals surface area contributed by atoms with Crippen LogP contribution in [0.3, 0.4) is 0 Å². The summed E-state index contributed by atoms with van der Waals surface area (Å²) in [6.07, 6.45) is 3.35. The molecule has 1 aromatic carbocycles. The number of hydrogen-bond donors (Lipinski definition) is 1. The van der Waals surface area contributed by atoms with Crippen LogP contribution in [-0.4, -0.2) is 34.0 Å². The molecule has 6 heteroatoms. The van der Waals surface area contributed by atoms with Gasteiger partial charge in [-0.05, 0) is 37.8 Å². The molecule has 0 amide bonds. The van der Waals surface area contributed by atoms with E-state index in [2.05, 4.69) is 9.97 Å². The summed E-state index contributed by atoms with van der Waals surface area (Å²) in [5.41, 5.74) is 0.822. The third kappa shape index (κ3) is 1.89. The summed E-state index contributed by atoms with van der Waals surface area (Å²) in [5.74, 6) is 0. The Bertz CT molecular complexity index is 799. The van der Waals surface area contributed by atoms with E-state index in [0.717, 1.165) is 11.0 Å². The maximum atomic E-state index is 12.2. The number of sulfone groups is 1. The van der Waals surface area contributed by atoms with Crippen LogP contribution >= 0.6 is 0 Å². The molecule has 0 spiro atoms. The van der Waals surface area contributed by atoms with Crippen LogP contribution in [0.2, 0.25) is 0 Å². The fourth-order valence-electron chi connectivity index (χ4n) is 3.64. The minimum absolute atomic E-state index is 0.235. The molecule has 4 rings (SSSR count). The molecule has 5 nitrogen and oxygen atoms in total. The molecule has 2 aliphatic rings. The van der Waals surface area contributed by atoms with Crippen molar-refractivity contribution in [3.05, 3.63) is 36.2 Å². The van der Waals surface area contributed by atoms with Crippen molar-refractivity contribution in [2.45, 2.75) is 41.8 Å². The Morgan fingerprint density at radius 3 is 2.38 bits per heavy atom. The molecule has 2 saturated heterocycles. The van der Waals surface area contributed by atoms with Crippen molar-refractivity contribution in [2.24, 2.45) is 0 Å². The average Bonchev–Trinajstić information content (AvgIpc) is 2.66. The Labute approximate surface area is 123 Å². The second-order valence-electron chi connectivity index (χ2n) is 6.09. The highest BCUT2D eigenvalue weighted by molar-refractivity contribution is 7.93. The first-order chi connectivity index (χ1) is 9.99. The van der Waals surface area contributed by atoms with Crippen molar-refractivity contribution >= 4 is 20.9 Å². The van der Waals surface area contributed by atoms with Crippen molar-refractivity contribution in [3.8, 4) is 0 Å². The van der Waals surface area contributed by atoms with E-state index in [1.54, 1.807) is 6.20 Å².